The van der Waals surface area contributed by atoms with Crippen LogP contribution in [0.1, 0.15) is 30.9 Å². The summed E-state index contributed by atoms with van der Waals surface area (Å²) in [5.74, 6) is 1.36. The highest BCUT2D eigenvalue weighted by Gasteiger charge is 2.32. The van der Waals surface area contributed by atoms with E-state index < -0.39 is 0 Å². The van der Waals surface area contributed by atoms with Gasteiger partial charge in [-0.3, -0.25) is 9.48 Å². The summed E-state index contributed by atoms with van der Waals surface area (Å²) in [6.45, 7) is 4.86. The highest BCUT2D eigenvalue weighted by atomic mass is 16.5. The van der Waals surface area contributed by atoms with Crippen molar-refractivity contribution in [2.24, 2.45) is 7.05 Å². The molecule has 2 atom stereocenters. The third-order valence-electron chi connectivity index (χ3n) is 4.29. The molecular formula is C17H24N4O4. The fraction of sp³-hybridized carbons (Fsp3) is 0.588. The number of carbonyl (C=O) groups excluding carboxylic acids is 1. The normalized spacial score (nSPS) is 20.0. The predicted octanol–water partition coefficient (Wildman–Crippen LogP) is 1.04. The van der Waals surface area contributed by atoms with Crippen LogP contribution in [0.3, 0.4) is 0 Å². The standard InChI is InChI=1S/C17H24N4O4/c1-4-13-12(15(5-2)25-20-13)6-17(22)19-14-9-23-10-16(14)24-11-7-18-21(3)8-11/h7-8,14,16H,4-6,9-10H2,1-3H3,(H,19,22)/t14-,16+/m0/s1. The van der Waals surface area contributed by atoms with Crippen LogP contribution in [0.2, 0.25) is 0 Å². The Bertz CT molecular complexity index is 703. The lowest BCUT2D eigenvalue weighted by molar-refractivity contribution is -0.121. The van der Waals surface area contributed by atoms with E-state index in [9.17, 15) is 4.79 Å². The Morgan fingerprint density at radius 3 is 2.92 bits per heavy atom. The van der Waals surface area contributed by atoms with Crippen LogP contribution in [-0.4, -0.2) is 46.2 Å². The topological polar surface area (TPSA) is 91.4 Å². The molecule has 2 aromatic rings. The summed E-state index contributed by atoms with van der Waals surface area (Å²) in [6.07, 6.45) is 4.92. The Morgan fingerprint density at radius 2 is 2.24 bits per heavy atom. The molecule has 1 aliphatic heterocycles. The molecule has 25 heavy (non-hydrogen) atoms. The van der Waals surface area contributed by atoms with E-state index in [4.69, 9.17) is 14.0 Å². The zero-order valence-corrected chi connectivity index (χ0v) is 14.8. The van der Waals surface area contributed by atoms with Gasteiger partial charge in [0.2, 0.25) is 5.91 Å². The number of amides is 1. The molecule has 0 radical (unpaired) electrons. The number of carbonyl (C=O) groups is 1. The third-order valence-corrected chi connectivity index (χ3v) is 4.29. The van der Waals surface area contributed by atoms with Gasteiger partial charge >= 0.3 is 0 Å². The van der Waals surface area contributed by atoms with Crippen LogP contribution in [0.5, 0.6) is 5.75 Å². The Hall–Kier alpha value is -2.35. The van der Waals surface area contributed by atoms with E-state index in [0.717, 1.165) is 29.9 Å². The summed E-state index contributed by atoms with van der Waals surface area (Å²) in [6, 6.07) is -0.192. The Morgan fingerprint density at radius 1 is 1.40 bits per heavy atom. The van der Waals surface area contributed by atoms with Gasteiger partial charge < -0.3 is 19.3 Å². The molecule has 1 saturated heterocycles. The van der Waals surface area contributed by atoms with Gasteiger partial charge in [-0.15, -0.1) is 0 Å². The van der Waals surface area contributed by atoms with Gasteiger partial charge in [0.1, 0.15) is 11.9 Å². The first-order valence-electron chi connectivity index (χ1n) is 8.59. The molecular weight excluding hydrogens is 324 g/mol. The van der Waals surface area contributed by atoms with Crippen LogP contribution in [-0.2, 0) is 35.8 Å². The molecule has 0 aliphatic carbocycles. The van der Waals surface area contributed by atoms with Gasteiger partial charge in [-0.05, 0) is 6.42 Å². The van der Waals surface area contributed by atoms with Crippen molar-refractivity contribution in [3.8, 4) is 5.75 Å². The highest BCUT2D eigenvalue weighted by Crippen LogP contribution is 2.18. The molecule has 1 aliphatic rings. The van der Waals surface area contributed by atoms with Crippen molar-refractivity contribution >= 4 is 5.91 Å². The number of hydrogen-bond donors (Lipinski definition) is 1. The van der Waals surface area contributed by atoms with Crippen molar-refractivity contribution in [3.63, 3.8) is 0 Å². The van der Waals surface area contributed by atoms with Crippen molar-refractivity contribution in [1.29, 1.82) is 0 Å². The number of ether oxygens (including phenoxy) is 2. The summed E-state index contributed by atoms with van der Waals surface area (Å²) in [4.78, 5) is 12.5. The molecule has 1 amide bonds. The van der Waals surface area contributed by atoms with Crippen LogP contribution in [0.25, 0.3) is 0 Å². The minimum atomic E-state index is -0.230. The molecule has 3 rings (SSSR count). The van der Waals surface area contributed by atoms with Gasteiger partial charge in [0.05, 0.1) is 43.8 Å². The van der Waals surface area contributed by atoms with Crippen LogP contribution in [0, 0.1) is 0 Å². The number of hydrogen-bond acceptors (Lipinski definition) is 6. The summed E-state index contributed by atoms with van der Waals surface area (Å²) >= 11 is 0. The van der Waals surface area contributed by atoms with Gasteiger partial charge in [0, 0.05) is 19.0 Å². The van der Waals surface area contributed by atoms with E-state index in [1.807, 2.05) is 20.9 Å². The maximum Gasteiger partial charge on any atom is 0.225 e. The van der Waals surface area contributed by atoms with Gasteiger partial charge in [-0.25, -0.2) is 0 Å². The fourth-order valence-electron chi connectivity index (χ4n) is 2.98. The number of aromatic nitrogens is 3. The summed E-state index contributed by atoms with van der Waals surface area (Å²) in [5, 5.41) is 11.1. The maximum absolute atomic E-state index is 12.5. The van der Waals surface area contributed by atoms with Crippen LogP contribution in [0.15, 0.2) is 16.9 Å². The molecule has 1 fully saturated rings. The van der Waals surface area contributed by atoms with E-state index >= 15 is 0 Å². The number of nitrogens with zero attached hydrogens (tertiary/aromatic N) is 3. The Kier molecular flexibility index (Phi) is 5.37. The summed E-state index contributed by atoms with van der Waals surface area (Å²) in [5.41, 5.74) is 1.74. The van der Waals surface area contributed by atoms with Gasteiger partial charge in [0.15, 0.2) is 5.75 Å². The van der Waals surface area contributed by atoms with E-state index in [0.29, 0.717) is 19.0 Å². The van der Waals surface area contributed by atoms with Crippen molar-refractivity contribution in [1.82, 2.24) is 20.3 Å². The lowest BCUT2D eigenvalue weighted by Crippen LogP contribution is -2.45. The van der Waals surface area contributed by atoms with E-state index in [1.165, 1.54) is 0 Å². The molecule has 136 valence electrons. The van der Waals surface area contributed by atoms with Crippen molar-refractivity contribution in [2.45, 2.75) is 45.3 Å². The van der Waals surface area contributed by atoms with Crippen molar-refractivity contribution in [3.05, 3.63) is 29.4 Å². The monoisotopic (exact) mass is 348 g/mol. The first-order valence-corrected chi connectivity index (χ1v) is 8.59. The maximum atomic E-state index is 12.5. The second-order valence-corrected chi connectivity index (χ2v) is 6.13. The second-order valence-electron chi connectivity index (χ2n) is 6.13. The Balaban J connectivity index is 1.61. The minimum Gasteiger partial charge on any atom is -0.482 e. The van der Waals surface area contributed by atoms with Crippen LogP contribution < -0.4 is 10.1 Å². The molecule has 2 aromatic heterocycles. The minimum absolute atomic E-state index is 0.0807. The molecule has 0 bridgehead atoms. The Labute approximate surface area is 146 Å². The van der Waals surface area contributed by atoms with E-state index in [2.05, 4.69) is 15.6 Å². The molecule has 1 N–H and O–H groups in total. The molecule has 0 aromatic carbocycles. The first-order chi connectivity index (χ1) is 12.1. The first kappa shape index (κ1) is 17.5. The molecule has 8 heteroatoms. The largest absolute Gasteiger partial charge is 0.482 e. The zero-order valence-electron chi connectivity index (χ0n) is 14.8. The average molecular weight is 348 g/mol. The molecule has 0 unspecified atom stereocenters. The lowest BCUT2D eigenvalue weighted by Gasteiger charge is -2.19. The summed E-state index contributed by atoms with van der Waals surface area (Å²) < 4.78 is 18.3. The third kappa shape index (κ3) is 4.01. The zero-order chi connectivity index (χ0) is 17.8. The van der Waals surface area contributed by atoms with E-state index in [1.54, 1.807) is 17.1 Å². The molecule has 0 spiro atoms. The van der Waals surface area contributed by atoms with Crippen molar-refractivity contribution < 1.29 is 18.8 Å². The molecule has 3 heterocycles. The number of nitrogens with one attached hydrogen (secondary N) is 1. The van der Waals surface area contributed by atoms with Crippen molar-refractivity contribution in [2.75, 3.05) is 13.2 Å². The molecule has 8 nitrogen and oxygen atoms in total. The lowest BCUT2D eigenvalue weighted by atomic mass is 10.1. The second kappa shape index (κ2) is 7.69. The van der Waals surface area contributed by atoms with Crippen LogP contribution in [0.4, 0.5) is 0 Å². The van der Waals surface area contributed by atoms with Gasteiger partial charge in [0.25, 0.3) is 0 Å². The number of aryl methyl sites for hydroxylation is 3. The van der Waals surface area contributed by atoms with Gasteiger partial charge in [-0.1, -0.05) is 19.0 Å². The highest BCUT2D eigenvalue weighted by molar-refractivity contribution is 5.79. The van der Waals surface area contributed by atoms with Crippen LogP contribution >= 0.6 is 0 Å². The van der Waals surface area contributed by atoms with E-state index in [-0.39, 0.29) is 24.5 Å². The number of rotatable bonds is 7. The summed E-state index contributed by atoms with van der Waals surface area (Å²) in [7, 11) is 1.83. The quantitative estimate of drug-likeness (QED) is 0.804. The fourth-order valence-corrected chi connectivity index (χ4v) is 2.98. The predicted molar refractivity (Wildman–Crippen MR) is 89.3 cm³/mol. The smallest absolute Gasteiger partial charge is 0.225 e. The van der Waals surface area contributed by atoms with Gasteiger partial charge in [-0.2, -0.15) is 5.10 Å². The average Bonchev–Trinajstić information content (AvgIpc) is 3.29. The SMILES string of the molecule is CCc1noc(CC)c1CC(=O)N[C@H]1COC[C@H]1Oc1cnn(C)c1. The molecule has 0 saturated carbocycles.